The van der Waals surface area contributed by atoms with E-state index in [0.29, 0.717) is 17.6 Å². The minimum atomic E-state index is 0.554. The summed E-state index contributed by atoms with van der Waals surface area (Å²) in [5.41, 5.74) is 16.1. The summed E-state index contributed by atoms with van der Waals surface area (Å²) in [4.78, 5) is 16.2. The number of benzene rings is 10. The van der Waals surface area contributed by atoms with Crippen LogP contribution in [0.15, 0.2) is 249 Å². The standard InChI is InChI=1S/C63H41N5/c1-6-22-42(23-7-1)47-38-52(44-26-10-3-11-27-44)59-54(40-47)55-41-48(43-24-8-2-9-25-43)39-53(45-28-12-4-13-29-45)60(55)68(59)58-37-21-18-34-51(58)62-64-61(46-30-14-5-15-31-46)65-63(66-62)67-56-35-19-16-32-49(56)50-33-17-20-36-57(50)67/h1-41H. The lowest BCUT2D eigenvalue weighted by Gasteiger charge is -2.18. The summed E-state index contributed by atoms with van der Waals surface area (Å²) in [7, 11) is 0. The molecule has 0 aliphatic carbocycles. The Hall–Kier alpha value is -9.19. The lowest BCUT2D eigenvalue weighted by molar-refractivity contribution is 0.951. The summed E-state index contributed by atoms with van der Waals surface area (Å²) in [5, 5.41) is 4.58. The molecule has 0 aliphatic heterocycles. The van der Waals surface area contributed by atoms with E-state index >= 15 is 0 Å². The fraction of sp³-hybridized carbons (Fsp3) is 0. The number of fused-ring (bicyclic) bond motifs is 6. The molecule has 10 aromatic carbocycles. The summed E-state index contributed by atoms with van der Waals surface area (Å²) in [6, 6.07) is 88.4. The molecule has 5 nitrogen and oxygen atoms in total. The second kappa shape index (κ2) is 16.4. The highest BCUT2D eigenvalue weighted by atomic mass is 15.2. The summed E-state index contributed by atoms with van der Waals surface area (Å²) in [6.07, 6.45) is 0. The Morgan fingerprint density at radius 3 is 1.15 bits per heavy atom. The highest BCUT2D eigenvalue weighted by Crippen LogP contribution is 2.47. The van der Waals surface area contributed by atoms with E-state index in [-0.39, 0.29) is 0 Å². The van der Waals surface area contributed by atoms with Crippen LogP contribution in [0.25, 0.3) is 123 Å². The van der Waals surface area contributed by atoms with E-state index in [1.165, 1.54) is 0 Å². The van der Waals surface area contributed by atoms with Gasteiger partial charge in [-0.3, -0.25) is 4.57 Å². The molecular weight excluding hydrogens is 827 g/mol. The van der Waals surface area contributed by atoms with Crippen molar-refractivity contribution in [3.8, 4) is 78.9 Å². The van der Waals surface area contributed by atoms with Crippen LogP contribution in [0.4, 0.5) is 0 Å². The van der Waals surface area contributed by atoms with Gasteiger partial charge in [-0.1, -0.05) is 200 Å². The van der Waals surface area contributed by atoms with E-state index in [0.717, 1.165) is 105 Å². The van der Waals surface area contributed by atoms with Crippen molar-refractivity contribution in [1.82, 2.24) is 24.1 Å². The quantitative estimate of drug-likeness (QED) is 0.153. The zero-order valence-corrected chi connectivity index (χ0v) is 36.9. The predicted molar refractivity (Wildman–Crippen MR) is 281 cm³/mol. The van der Waals surface area contributed by atoms with Gasteiger partial charge in [0.1, 0.15) is 0 Å². The first-order valence-corrected chi connectivity index (χ1v) is 23.0. The van der Waals surface area contributed by atoms with Crippen LogP contribution < -0.4 is 0 Å². The molecule has 0 bridgehead atoms. The van der Waals surface area contributed by atoms with Gasteiger partial charge in [0.05, 0.1) is 27.8 Å². The van der Waals surface area contributed by atoms with Gasteiger partial charge in [0.25, 0.3) is 0 Å². The Balaban J connectivity index is 1.18. The van der Waals surface area contributed by atoms with Crippen LogP contribution in [0.1, 0.15) is 0 Å². The predicted octanol–water partition coefficient (Wildman–Crippen LogP) is 16.1. The van der Waals surface area contributed by atoms with Crippen LogP contribution in [-0.2, 0) is 0 Å². The van der Waals surface area contributed by atoms with Crippen LogP contribution >= 0.6 is 0 Å². The zero-order chi connectivity index (χ0) is 45.0. The van der Waals surface area contributed by atoms with Gasteiger partial charge in [-0.05, 0) is 81.9 Å². The van der Waals surface area contributed by atoms with Gasteiger partial charge in [0.2, 0.25) is 5.95 Å². The van der Waals surface area contributed by atoms with Gasteiger partial charge in [-0.15, -0.1) is 0 Å². The van der Waals surface area contributed by atoms with Crippen molar-refractivity contribution in [3.63, 3.8) is 0 Å². The largest absolute Gasteiger partial charge is 0.307 e. The Morgan fingerprint density at radius 1 is 0.250 bits per heavy atom. The van der Waals surface area contributed by atoms with Crippen LogP contribution in [0.5, 0.6) is 0 Å². The second-order valence-corrected chi connectivity index (χ2v) is 17.2. The average Bonchev–Trinajstić information content (AvgIpc) is 3.94. The number of hydrogen-bond donors (Lipinski definition) is 0. The first-order chi connectivity index (χ1) is 33.7. The molecule has 318 valence electrons. The van der Waals surface area contributed by atoms with Crippen LogP contribution in [0.2, 0.25) is 0 Å². The molecule has 0 saturated heterocycles. The minimum absolute atomic E-state index is 0.554. The Kier molecular flexibility index (Phi) is 9.43. The maximum atomic E-state index is 5.50. The molecule has 3 heterocycles. The first kappa shape index (κ1) is 39.2. The highest BCUT2D eigenvalue weighted by Gasteiger charge is 2.26. The van der Waals surface area contributed by atoms with E-state index in [1.54, 1.807) is 0 Å². The molecule has 0 spiro atoms. The number of aromatic nitrogens is 5. The average molecular weight is 868 g/mol. The topological polar surface area (TPSA) is 48.5 Å². The summed E-state index contributed by atoms with van der Waals surface area (Å²) < 4.78 is 4.67. The maximum Gasteiger partial charge on any atom is 0.238 e. The molecule has 5 heteroatoms. The number of nitrogens with zero attached hydrogens (tertiary/aromatic N) is 5. The van der Waals surface area contributed by atoms with Crippen molar-refractivity contribution in [2.75, 3.05) is 0 Å². The van der Waals surface area contributed by atoms with Crippen molar-refractivity contribution in [2.24, 2.45) is 0 Å². The van der Waals surface area contributed by atoms with Gasteiger partial charge in [0.15, 0.2) is 11.6 Å². The van der Waals surface area contributed by atoms with E-state index in [4.69, 9.17) is 15.0 Å². The summed E-state index contributed by atoms with van der Waals surface area (Å²) in [6.45, 7) is 0. The van der Waals surface area contributed by atoms with Gasteiger partial charge in [-0.2, -0.15) is 9.97 Å². The molecule has 0 aliphatic rings. The fourth-order valence-electron chi connectivity index (χ4n) is 10.1. The lowest BCUT2D eigenvalue weighted by Crippen LogP contribution is -2.08. The molecule has 13 rings (SSSR count). The first-order valence-electron chi connectivity index (χ1n) is 23.0. The third-order valence-corrected chi connectivity index (χ3v) is 13.2. The van der Waals surface area contributed by atoms with Crippen LogP contribution in [0, 0.1) is 0 Å². The zero-order valence-electron chi connectivity index (χ0n) is 36.9. The summed E-state index contributed by atoms with van der Waals surface area (Å²) in [5.74, 6) is 1.73. The van der Waals surface area contributed by atoms with Crippen molar-refractivity contribution in [1.29, 1.82) is 0 Å². The van der Waals surface area contributed by atoms with Gasteiger partial charge in [-0.25, -0.2) is 4.98 Å². The molecule has 0 N–H and O–H groups in total. The summed E-state index contributed by atoms with van der Waals surface area (Å²) >= 11 is 0. The lowest BCUT2D eigenvalue weighted by atomic mass is 9.93. The van der Waals surface area contributed by atoms with Crippen molar-refractivity contribution < 1.29 is 0 Å². The van der Waals surface area contributed by atoms with E-state index in [9.17, 15) is 0 Å². The Labute approximate surface area is 393 Å². The smallest absolute Gasteiger partial charge is 0.238 e. The number of rotatable bonds is 8. The second-order valence-electron chi connectivity index (χ2n) is 17.2. The van der Waals surface area contributed by atoms with Crippen LogP contribution in [0.3, 0.4) is 0 Å². The molecule has 3 aromatic heterocycles. The van der Waals surface area contributed by atoms with Crippen molar-refractivity contribution in [2.45, 2.75) is 0 Å². The van der Waals surface area contributed by atoms with E-state index in [2.05, 4.69) is 240 Å². The molecule has 0 atom stereocenters. The Bertz CT molecular complexity index is 3800. The highest BCUT2D eigenvalue weighted by molar-refractivity contribution is 6.20. The van der Waals surface area contributed by atoms with Gasteiger partial charge >= 0.3 is 0 Å². The van der Waals surface area contributed by atoms with Crippen molar-refractivity contribution >= 4 is 43.6 Å². The molecule has 0 radical (unpaired) electrons. The minimum Gasteiger partial charge on any atom is -0.307 e. The molecule has 0 unspecified atom stereocenters. The van der Waals surface area contributed by atoms with Gasteiger partial charge in [0, 0.05) is 43.8 Å². The molecule has 0 amide bonds. The number of hydrogen-bond acceptors (Lipinski definition) is 3. The molecular formula is C63H41N5. The monoisotopic (exact) mass is 867 g/mol. The molecule has 13 aromatic rings. The maximum absolute atomic E-state index is 5.50. The van der Waals surface area contributed by atoms with Crippen molar-refractivity contribution in [3.05, 3.63) is 249 Å². The number of para-hydroxylation sites is 3. The van der Waals surface area contributed by atoms with E-state index in [1.807, 2.05) is 18.2 Å². The van der Waals surface area contributed by atoms with E-state index < -0.39 is 0 Å². The SMILES string of the molecule is c1ccc(-c2cc(-c3ccccc3)c3c(c2)c2cc(-c4ccccc4)cc(-c4ccccc4)c2n3-c2ccccc2-c2nc(-c3ccccc3)nc(-n3c4ccccc4c4ccccc43)n2)cc1. The normalized spacial score (nSPS) is 11.5. The molecule has 68 heavy (non-hydrogen) atoms. The van der Waals surface area contributed by atoms with Crippen LogP contribution in [-0.4, -0.2) is 24.1 Å². The molecule has 0 saturated carbocycles. The third kappa shape index (κ3) is 6.59. The fourth-order valence-corrected chi connectivity index (χ4v) is 10.1. The Morgan fingerprint density at radius 2 is 0.647 bits per heavy atom. The third-order valence-electron chi connectivity index (χ3n) is 13.2. The van der Waals surface area contributed by atoms with Gasteiger partial charge < -0.3 is 4.57 Å². The molecule has 0 fully saturated rings.